The van der Waals surface area contributed by atoms with E-state index in [1.165, 1.54) is 28.4 Å². The molecular formula is C8H21BO5Si. The van der Waals surface area contributed by atoms with Gasteiger partial charge in [0.15, 0.2) is 0 Å². The molecule has 0 saturated carbocycles. The first-order valence-corrected chi connectivity index (χ1v) is 6.31. The maximum Gasteiger partial charge on any atom is 0.678 e. The average Bonchev–Trinajstić information content (AvgIpc) is 2.31. The van der Waals surface area contributed by atoms with Crippen LogP contribution in [0.1, 0.15) is 19.8 Å². The molecular weight excluding hydrogens is 215 g/mol. The molecule has 0 N–H and O–H groups in total. The van der Waals surface area contributed by atoms with Gasteiger partial charge in [-0.1, -0.05) is 13.3 Å². The maximum atomic E-state index is 4.86. The first kappa shape index (κ1) is 17.5. The minimum atomic E-state index is -2.69. The van der Waals surface area contributed by atoms with E-state index < -0.39 is 9.05 Å². The zero-order chi connectivity index (χ0) is 12.2. The van der Waals surface area contributed by atoms with E-state index in [2.05, 4.69) is 11.6 Å². The van der Waals surface area contributed by atoms with Crippen molar-refractivity contribution in [2.45, 2.75) is 19.8 Å². The van der Waals surface area contributed by atoms with Crippen LogP contribution in [0.15, 0.2) is 0 Å². The molecule has 0 aliphatic heterocycles. The van der Waals surface area contributed by atoms with E-state index in [0.717, 1.165) is 12.8 Å². The highest BCUT2D eigenvalue weighted by Crippen LogP contribution is 2.04. The summed E-state index contributed by atoms with van der Waals surface area (Å²) >= 11 is 0. The monoisotopic (exact) mass is 236 g/mol. The van der Waals surface area contributed by atoms with Gasteiger partial charge in [0.2, 0.25) is 0 Å². The van der Waals surface area contributed by atoms with Crippen LogP contribution in [0.4, 0.5) is 0 Å². The van der Waals surface area contributed by atoms with Gasteiger partial charge in [-0.15, -0.1) is 0 Å². The topological polar surface area (TPSA) is 46.2 Å². The van der Waals surface area contributed by atoms with Crippen molar-refractivity contribution in [1.29, 1.82) is 0 Å². The van der Waals surface area contributed by atoms with Crippen LogP contribution < -0.4 is 0 Å². The lowest BCUT2D eigenvalue weighted by Crippen LogP contribution is -2.45. The Balaban J connectivity index is 0. The number of hydrogen-bond acceptors (Lipinski definition) is 5. The second-order valence-corrected chi connectivity index (χ2v) is 5.17. The van der Waals surface area contributed by atoms with E-state index in [0.29, 0.717) is 6.61 Å². The Bertz CT molecular complexity index is 102. The lowest BCUT2D eigenvalue weighted by atomic mass is 10.3. The fourth-order valence-corrected chi connectivity index (χ4v) is 1.73. The SMILES string of the molecule is CO[Si](OC)(OC)OC.[B]OCCCC. The van der Waals surface area contributed by atoms with Crippen molar-refractivity contribution in [1.82, 2.24) is 0 Å². The normalized spacial score (nSPS) is 10.7. The Kier molecular flexibility index (Phi) is 14.2. The van der Waals surface area contributed by atoms with Gasteiger partial charge in [0, 0.05) is 35.0 Å². The molecule has 0 heterocycles. The van der Waals surface area contributed by atoms with Gasteiger partial charge in [0.1, 0.15) is 0 Å². The van der Waals surface area contributed by atoms with Gasteiger partial charge in [0.25, 0.3) is 8.05 Å². The van der Waals surface area contributed by atoms with Crippen molar-refractivity contribution in [3.8, 4) is 0 Å². The highest BCUT2D eigenvalue weighted by atomic mass is 28.4. The highest BCUT2D eigenvalue weighted by molar-refractivity contribution is 6.53. The quantitative estimate of drug-likeness (QED) is 0.485. The second kappa shape index (κ2) is 12.2. The Hall–Kier alpha value is 0.0818. The summed E-state index contributed by atoms with van der Waals surface area (Å²) in [4.78, 5) is 0. The Morgan fingerprint density at radius 1 is 0.933 bits per heavy atom. The van der Waals surface area contributed by atoms with E-state index >= 15 is 0 Å². The molecule has 15 heavy (non-hydrogen) atoms. The zero-order valence-electron chi connectivity index (χ0n) is 10.2. The Morgan fingerprint density at radius 3 is 1.40 bits per heavy atom. The molecule has 0 fully saturated rings. The summed E-state index contributed by atoms with van der Waals surface area (Å²) in [7, 11) is 7.98. The van der Waals surface area contributed by atoms with Crippen LogP contribution in [-0.4, -0.2) is 52.1 Å². The zero-order valence-corrected chi connectivity index (χ0v) is 11.2. The molecule has 0 spiro atoms. The van der Waals surface area contributed by atoms with Crippen LogP contribution in [-0.2, 0) is 22.4 Å². The summed E-state index contributed by atoms with van der Waals surface area (Å²) < 4.78 is 23.7. The lowest BCUT2D eigenvalue weighted by Gasteiger charge is -2.19. The van der Waals surface area contributed by atoms with Gasteiger partial charge >= 0.3 is 9.05 Å². The van der Waals surface area contributed by atoms with Gasteiger partial charge in [-0.25, -0.2) is 0 Å². The largest absolute Gasteiger partial charge is 0.678 e. The fraction of sp³-hybridized carbons (Fsp3) is 1.00. The molecule has 0 aromatic carbocycles. The molecule has 2 radical (unpaired) electrons. The van der Waals surface area contributed by atoms with E-state index in [9.17, 15) is 0 Å². The van der Waals surface area contributed by atoms with Crippen LogP contribution in [0.3, 0.4) is 0 Å². The lowest BCUT2D eigenvalue weighted by molar-refractivity contribution is 0.0226. The first-order valence-electron chi connectivity index (χ1n) is 4.68. The Labute approximate surface area is 94.9 Å². The highest BCUT2D eigenvalue weighted by Gasteiger charge is 2.40. The maximum absolute atomic E-state index is 4.86. The molecule has 0 rings (SSSR count). The molecule has 0 amide bonds. The van der Waals surface area contributed by atoms with E-state index in [1.54, 1.807) is 0 Å². The fourth-order valence-electron chi connectivity index (χ4n) is 0.728. The minimum absolute atomic E-state index is 0.691. The van der Waals surface area contributed by atoms with Gasteiger partial charge in [0.05, 0.1) is 0 Å². The van der Waals surface area contributed by atoms with E-state index in [1.807, 2.05) is 0 Å². The molecule has 0 unspecified atom stereocenters. The third-order valence-corrected chi connectivity index (χ3v) is 3.62. The van der Waals surface area contributed by atoms with E-state index in [-0.39, 0.29) is 0 Å². The smallest absolute Gasteiger partial charge is 0.448 e. The van der Waals surface area contributed by atoms with Crippen molar-refractivity contribution in [2.24, 2.45) is 0 Å². The standard InChI is InChI=1S/C4H9BO.C4H12O4Si/c1-2-3-4-6-5;1-5-9(6-2,7-3)8-4/h2-4H2,1H3;1-4H3. The van der Waals surface area contributed by atoms with Crippen molar-refractivity contribution < 1.29 is 22.4 Å². The van der Waals surface area contributed by atoms with Crippen molar-refractivity contribution in [3.05, 3.63) is 0 Å². The molecule has 7 heteroatoms. The summed E-state index contributed by atoms with van der Waals surface area (Å²) in [5.74, 6) is 0. The number of hydrogen-bond donors (Lipinski definition) is 0. The van der Waals surface area contributed by atoms with Crippen molar-refractivity contribution >= 4 is 17.1 Å². The molecule has 0 aliphatic carbocycles. The van der Waals surface area contributed by atoms with Gasteiger partial charge in [-0.05, 0) is 6.42 Å². The minimum Gasteiger partial charge on any atom is -0.448 e. The van der Waals surface area contributed by atoms with Gasteiger partial charge in [-0.2, -0.15) is 0 Å². The molecule has 0 bridgehead atoms. The molecule has 0 aromatic rings. The van der Waals surface area contributed by atoms with Crippen LogP contribution in [0.5, 0.6) is 0 Å². The van der Waals surface area contributed by atoms with Crippen molar-refractivity contribution in [3.63, 3.8) is 0 Å². The van der Waals surface area contributed by atoms with Crippen LogP contribution in [0.25, 0.3) is 0 Å². The summed E-state index contributed by atoms with van der Waals surface area (Å²) in [5, 5.41) is 0. The predicted octanol–water partition coefficient (Wildman–Crippen LogP) is 0.894. The van der Waals surface area contributed by atoms with E-state index in [4.69, 9.17) is 25.8 Å². The summed E-state index contributed by atoms with van der Waals surface area (Å²) in [6, 6.07) is 0. The van der Waals surface area contributed by atoms with Crippen molar-refractivity contribution in [2.75, 3.05) is 35.0 Å². The molecule has 0 saturated heterocycles. The molecule has 0 atom stereocenters. The summed E-state index contributed by atoms with van der Waals surface area (Å²) in [5.41, 5.74) is 0. The number of rotatable bonds is 7. The third-order valence-electron chi connectivity index (χ3n) is 1.62. The molecule has 0 aliphatic rings. The average molecular weight is 236 g/mol. The van der Waals surface area contributed by atoms with Gasteiger partial charge in [-0.3, -0.25) is 0 Å². The second-order valence-electron chi connectivity index (χ2n) is 2.54. The summed E-state index contributed by atoms with van der Waals surface area (Å²) in [6.07, 6.45) is 2.22. The van der Waals surface area contributed by atoms with Gasteiger partial charge < -0.3 is 22.4 Å². The molecule has 0 aromatic heterocycles. The summed E-state index contributed by atoms with van der Waals surface area (Å²) in [6.45, 7) is 2.79. The molecule has 5 nitrogen and oxygen atoms in total. The Morgan fingerprint density at radius 2 is 1.33 bits per heavy atom. The van der Waals surface area contributed by atoms with Crippen LogP contribution >= 0.6 is 0 Å². The first-order chi connectivity index (χ1) is 7.16. The predicted molar refractivity (Wildman–Crippen MR) is 60.4 cm³/mol. The van der Waals surface area contributed by atoms with Crippen LogP contribution in [0, 0.1) is 0 Å². The molecule has 90 valence electrons. The number of unbranched alkanes of at least 4 members (excludes halogenated alkanes) is 1. The van der Waals surface area contributed by atoms with Crippen LogP contribution in [0.2, 0.25) is 0 Å². The third kappa shape index (κ3) is 9.04.